The molecule has 26 heavy (non-hydrogen) atoms. The lowest BCUT2D eigenvalue weighted by molar-refractivity contribution is -0.137. The largest absolute Gasteiger partial charge is 0.493 e. The topological polar surface area (TPSA) is 98.8 Å². The number of carboxylic acids is 1. The van der Waals surface area contributed by atoms with Crippen molar-refractivity contribution >= 4 is 17.6 Å². The van der Waals surface area contributed by atoms with E-state index in [4.69, 9.17) is 20.3 Å². The maximum absolute atomic E-state index is 12.0. The second-order valence-corrected chi connectivity index (χ2v) is 4.95. The molecule has 2 rings (SSSR count). The van der Waals surface area contributed by atoms with E-state index in [9.17, 15) is 14.0 Å². The summed E-state index contributed by atoms with van der Waals surface area (Å²) in [6.45, 7) is 3.92. The summed E-state index contributed by atoms with van der Waals surface area (Å²) in [5, 5.41) is 8.70. The van der Waals surface area contributed by atoms with Gasteiger partial charge in [0.05, 0.1) is 18.8 Å². The predicted molar refractivity (Wildman–Crippen MR) is 95.5 cm³/mol. The normalized spacial score (nSPS) is 9.42. The molecule has 0 saturated carbocycles. The van der Waals surface area contributed by atoms with Crippen LogP contribution in [0.4, 0.5) is 10.1 Å². The second-order valence-electron chi connectivity index (χ2n) is 4.95. The Kier molecular flexibility index (Phi) is 8.95. The third kappa shape index (κ3) is 8.49. The average molecular weight is 361 g/mol. The zero-order chi connectivity index (χ0) is 19.4. The Labute approximate surface area is 150 Å². The number of halogens is 1. The summed E-state index contributed by atoms with van der Waals surface area (Å²) in [4.78, 5) is 21.3. The van der Waals surface area contributed by atoms with E-state index in [1.165, 1.54) is 36.4 Å². The van der Waals surface area contributed by atoms with Gasteiger partial charge in [0.2, 0.25) is 0 Å². The number of ether oxygens (including phenoxy) is 2. The highest BCUT2D eigenvalue weighted by molar-refractivity contribution is 5.87. The van der Waals surface area contributed by atoms with Crippen LogP contribution in [0.25, 0.3) is 0 Å². The molecule has 0 bridgehead atoms. The predicted octanol–water partition coefficient (Wildman–Crippen LogP) is 3.29. The van der Waals surface area contributed by atoms with Gasteiger partial charge in [-0.3, -0.25) is 0 Å². The lowest BCUT2D eigenvalue weighted by Crippen LogP contribution is -2.06. The highest BCUT2D eigenvalue weighted by Gasteiger charge is 2.02. The fraction of sp³-hybridized carbons (Fsp3) is 0.158. The van der Waals surface area contributed by atoms with Gasteiger partial charge in [-0.2, -0.15) is 0 Å². The maximum Gasteiger partial charge on any atom is 0.335 e. The highest BCUT2D eigenvalue weighted by Crippen LogP contribution is 2.12. The number of hydrogen-bond donors (Lipinski definition) is 2. The lowest BCUT2D eigenvalue weighted by Gasteiger charge is -2.06. The molecule has 0 amide bonds. The van der Waals surface area contributed by atoms with Gasteiger partial charge in [0, 0.05) is 18.2 Å². The zero-order valence-electron chi connectivity index (χ0n) is 14.1. The number of benzene rings is 2. The van der Waals surface area contributed by atoms with Gasteiger partial charge >= 0.3 is 11.9 Å². The number of aromatic carboxylic acids is 1. The number of rotatable bonds is 7. The Bertz CT molecular complexity index is 693. The van der Waals surface area contributed by atoms with E-state index in [0.717, 1.165) is 6.08 Å². The Morgan fingerprint density at radius 1 is 1.08 bits per heavy atom. The first-order valence-corrected chi connectivity index (χ1v) is 7.68. The Morgan fingerprint density at radius 3 is 2.19 bits per heavy atom. The SMILES string of the molecule is C=CC(=O)OCCCOc1ccc(C(=O)O)cc1.Nc1ccc(F)cc1. The molecule has 138 valence electrons. The first-order valence-electron chi connectivity index (χ1n) is 7.68. The van der Waals surface area contributed by atoms with Crippen LogP contribution in [0.2, 0.25) is 0 Å². The molecule has 6 nitrogen and oxygen atoms in total. The highest BCUT2D eigenvalue weighted by atomic mass is 19.1. The number of carboxylic acid groups (broad SMARTS) is 1. The number of carbonyl (C=O) groups excluding carboxylic acids is 1. The number of carbonyl (C=O) groups is 2. The standard InChI is InChI=1S/C13H14O5.C6H6FN/c1-2-12(14)18-9-3-8-17-11-6-4-10(5-7-11)13(15)16;7-5-1-3-6(8)4-2-5/h2,4-7H,1,3,8-9H2,(H,15,16);1-4H,8H2. The van der Waals surface area contributed by atoms with Gasteiger partial charge in [-0.15, -0.1) is 0 Å². The molecule has 0 aliphatic rings. The van der Waals surface area contributed by atoms with Crippen LogP contribution < -0.4 is 10.5 Å². The number of hydrogen-bond acceptors (Lipinski definition) is 5. The molecule has 3 N–H and O–H groups in total. The van der Waals surface area contributed by atoms with E-state index in [1.807, 2.05) is 0 Å². The maximum atomic E-state index is 12.0. The van der Waals surface area contributed by atoms with E-state index in [0.29, 0.717) is 24.5 Å². The smallest absolute Gasteiger partial charge is 0.335 e. The zero-order valence-corrected chi connectivity index (χ0v) is 14.1. The molecular weight excluding hydrogens is 341 g/mol. The molecule has 0 spiro atoms. The van der Waals surface area contributed by atoms with Crippen molar-refractivity contribution in [3.8, 4) is 5.75 Å². The van der Waals surface area contributed by atoms with Crippen LogP contribution in [0, 0.1) is 5.82 Å². The van der Waals surface area contributed by atoms with E-state index in [1.54, 1.807) is 12.1 Å². The van der Waals surface area contributed by atoms with Gasteiger partial charge in [0.15, 0.2) is 0 Å². The van der Waals surface area contributed by atoms with E-state index < -0.39 is 11.9 Å². The van der Waals surface area contributed by atoms with Gasteiger partial charge in [-0.1, -0.05) is 6.58 Å². The van der Waals surface area contributed by atoms with E-state index in [2.05, 4.69) is 6.58 Å². The molecule has 0 saturated heterocycles. The first-order chi connectivity index (χ1) is 12.4. The van der Waals surface area contributed by atoms with Crippen LogP contribution in [0.5, 0.6) is 5.75 Å². The number of nitrogen functional groups attached to an aromatic ring is 1. The average Bonchev–Trinajstić information content (AvgIpc) is 2.64. The molecule has 0 fully saturated rings. The fourth-order valence-electron chi connectivity index (χ4n) is 1.64. The van der Waals surface area contributed by atoms with Gasteiger partial charge in [-0.05, 0) is 48.5 Å². The summed E-state index contributed by atoms with van der Waals surface area (Å²) < 4.78 is 22.1. The minimum atomic E-state index is -0.974. The van der Waals surface area contributed by atoms with Crippen molar-refractivity contribution in [2.75, 3.05) is 18.9 Å². The Hall–Kier alpha value is -3.35. The molecule has 0 unspecified atom stereocenters. The van der Waals surface area contributed by atoms with Gasteiger partial charge in [-0.25, -0.2) is 14.0 Å². The van der Waals surface area contributed by atoms with Crippen LogP contribution in [-0.4, -0.2) is 30.3 Å². The molecule has 7 heteroatoms. The minimum Gasteiger partial charge on any atom is -0.493 e. The van der Waals surface area contributed by atoms with Crippen molar-refractivity contribution in [3.05, 3.63) is 72.6 Å². The van der Waals surface area contributed by atoms with Crippen LogP contribution >= 0.6 is 0 Å². The summed E-state index contributed by atoms with van der Waals surface area (Å²) in [7, 11) is 0. The van der Waals surface area contributed by atoms with Crippen LogP contribution in [0.3, 0.4) is 0 Å². The van der Waals surface area contributed by atoms with Crippen molar-refractivity contribution in [2.24, 2.45) is 0 Å². The van der Waals surface area contributed by atoms with E-state index in [-0.39, 0.29) is 18.0 Å². The quantitative estimate of drug-likeness (QED) is 0.340. The Balaban J connectivity index is 0.000000350. The molecule has 0 radical (unpaired) electrons. The van der Waals surface area contributed by atoms with Gasteiger partial charge < -0.3 is 20.3 Å². The molecule has 0 aliphatic carbocycles. The van der Waals surface area contributed by atoms with Crippen LogP contribution in [0.1, 0.15) is 16.8 Å². The summed E-state index contributed by atoms with van der Waals surface area (Å²) in [6.07, 6.45) is 1.66. The van der Waals surface area contributed by atoms with Crippen molar-refractivity contribution in [1.29, 1.82) is 0 Å². The van der Waals surface area contributed by atoms with E-state index >= 15 is 0 Å². The van der Waals surface area contributed by atoms with Gasteiger partial charge in [0.1, 0.15) is 11.6 Å². The van der Waals surface area contributed by atoms with Gasteiger partial charge in [0.25, 0.3) is 0 Å². The van der Waals surface area contributed by atoms with Crippen molar-refractivity contribution in [3.63, 3.8) is 0 Å². The van der Waals surface area contributed by atoms with Crippen molar-refractivity contribution in [2.45, 2.75) is 6.42 Å². The Morgan fingerprint density at radius 2 is 1.69 bits per heavy atom. The molecule has 0 aliphatic heterocycles. The number of anilines is 1. The minimum absolute atomic E-state index is 0.210. The molecule has 2 aromatic carbocycles. The number of esters is 1. The number of nitrogens with two attached hydrogens (primary N) is 1. The van der Waals surface area contributed by atoms with Crippen molar-refractivity contribution < 1.29 is 28.6 Å². The third-order valence-corrected chi connectivity index (χ3v) is 2.94. The molecule has 0 heterocycles. The molecular formula is C19H20FNO5. The van der Waals surface area contributed by atoms with Crippen molar-refractivity contribution in [1.82, 2.24) is 0 Å². The monoisotopic (exact) mass is 361 g/mol. The summed E-state index contributed by atoms with van der Waals surface area (Å²) in [6, 6.07) is 11.8. The van der Waals surface area contributed by atoms with Crippen LogP contribution in [-0.2, 0) is 9.53 Å². The second kappa shape index (κ2) is 11.2. The van der Waals surface area contributed by atoms with Crippen LogP contribution in [0.15, 0.2) is 61.2 Å². The summed E-state index contributed by atoms with van der Waals surface area (Å²) in [5.41, 5.74) is 6.06. The summed E-state index contributed by atoms with van der Waals surface area (Å²) in [5.74, 6) is -1.10. The molecule has 2 aromatic rings. The molecule has 0 atom stereocenters. The molecule has 0 aromatic heterocycles. The lowest BCUT2D eigenvalue weighted by atomic mass is 10.2. The fourth-order valence-corrected chi connectivity index (χ4v) is 1.64. The first kappa shape index (κ1) is 20.7. The summed E-state index contributed by atoms with van der Waals surface area (Å²) >= 11 is 0. The third-order valence-electron chi connectivity index (χ3n) is 2.94.